The van der Waals surface area contributed by atoms with Crippen LogP contribution in [0.3, 0.4) is 0 Å². The van der Waals surface area contributed by atoms with Crippen LogP contribution in [-0.2, 0) is 26.6 Å². The van der Waals surface area contributed by atoms with E-state index in [0.29, 0.717) is 42.5 Å². The summed E-state index contributed by atoms with van der Waals surface area (Å²) in [5, 5.41) is 19.9. The minimum absolute atomic E-state index is 0.0546. The topological polar surface area (TPSA) is 138 Å². The molecule has 3 heterocycles. The van der Waals surface area contributed by atoms with E-state index in [0.717, 1.165) is 33.6 Å². The average molecular weight is 600 g/mol. The number of ether oxygens (including phenoxy) is 2. The third kappa shape index (κ3) is 5.36. The molecule has 2 N–H and O–H groups in total. The molecule has 0 radical (unpaired) electrons. The van der Waals surface area contributed by atoms with Gasteiger partial charge in [0, 0.05) is 38.3 Å². The summed E-state index contributed by atoms with van der Waals surface area (Å²) in [5.41, 5.74) is 7.14. The number of aromatic nitrogens is 5. The molecule has 2 aliphatic rings. The molecule has 0 spiro atoms. The number of nitrogens with one attached hydrogen (secondary N) is 1. The van der Waals surface area contributed by atoms with Crippen LogP contribution in [0.5, 0.6) is 17.4 Å². The molecule has 0 bridgehead atoms. The van der Waals surface area contributed by atoms with E-state index < -0.39 is 11.8 Å². The lowest BCUT2D eigenvalue weighted by molar-refractivity contribution is 0.0939. The predicted octanol–water partition coefficient (Wildman–Crippen LogP) is 3.27. The maximum Gasteiger partial charge on any atom is 0.330 e. The van der Waals surface area contributed by atoms with Crippen molar-refractivity contribution in [2.24, 2.45) is 12.0 Å². The largest absolute Gasteiger partial charge is 0.493 e. The van der Waals surface area contributed by atoms with E-state index in [4.69, 9.17) is 14.5 Å². The Bertz CT molecular complexity index is 1860. The van der Waals surface area contributed by atoms with Gasteiger partial charge in [0.1, 0.15) is 5.49 Å². The molecule has 1 aliphatic heterocycles. The maximum atomic E-state index is 14.1. The van der Waals surface area contributed by atoms with Crippen LogP contribution in [0.4, 0.5) is 5.69 Å². The smallest absolute Gasteiger partial charge is 0.330 e. The summed E-state index contributed by atoms with van der Waals surface area (Å²) in [7, 11) is 3.12. The molecular formula is C32H37N7O5. The number of nitrogens with zero attached hydrogens (tertiary/aromatic N) is 6. The minimum atomic E-state index is -0.541. The Morgan fingerprint density at radius 2 is 1.89 bits per heavy atom. The number of aryl methyl sites for hydroxylation is 4. The van der Waals surface area contributed by atoms with Crippen molar-refractivity contribution in [3.63, 3.8) is 0 Å². The quantitative estimate of drug-likeness (QED) is 0.301. The Kier molecular flexibility index (Phi) is 7.74. The molecule has 12 heteroatoms. The standard InChI is InChI=1S/C32H37N7O5/c1-6-44-26-15-21-9-11-38-24(23(21)16-25(26)43-5)17-27(34-28-18(2)13-22(14-19(28)3)20-7-8-20)39(32(38)42)12-10-33-30(40)29-31(41)35-36-37(29)4/h13-17,20,41H,6-12H2,1-5H3,(H,33,40)/b34-27+. The number of hydrogen-bond acceptors (Lipinski definition) is 8. The first-order valence-corrected chi connectivity index (χ1v) is 14.9. The van der Waals surface area contributed by atoms with E-state index in [2.05, 4.69) is 41.6 Å². The first kappa shape index (κ1) is 29.2. The number of hydrogen-bond donors (Lipinski definition) is 2. The Hall–Kier alpha value is -4.87. The van der Waals surface area contributed by atoms with Crippen LogP contribution in [0.2, 0.25) is 0 Å². The van der Waals surface area contributed by atoms with Crippen molar-refractivity contribution in [3.05, 3.63) is 74.3 Å². The molecule has 1 fully saturated rings. The van der Waals surface area contributed by atoms with Gasteiger partial charge in [-0.3, -0.25) is 13.9 Å². The van der Waals surface area contributed by atoms with Gasteiger partial charge in [0.25, 0.3) is 11.8 Å². The number of amides is 1. The fraction of sp³-hybridized carbons (Fsp3) is 0.406. The van der Waals surface area contributed by atoms with E-state index in [9.17, 15) is 14.7 Å². The van der Waals surface area contributed by atoms with Crippen molar-refractivity contribution in [1.29, 1.82) is 0 Å². The molecule has 0 atom stereocenters. The predicted molar refractivity (Wildman–Crippen MR) is 164 cm³/mol. The zero-order valence-electron chi connectivity index (χ0n) is 25.7. The van der Waals surface area contributed by atoms with Crippen LogP contribution in [0, 0.1) is 13.8 Å². The van der Waals surface area contributed by atoms with Gasteiger partial charge in [-0.05, 0) is 80.3 Å². The van der Waals surface area contributed by atoms with Gasteiger partial charge >= 0.3 is 5.69 Å². The third-order valence-electron chi connectivity index (χ3n) is 8.30. The lowest BCUT2D eigenvalue weighted by atomic mass is 9.97. The second kappa shape index (κ2) is 11.7. The molecule has 44 heavy (non-hydrogen) atoms. The van der Waals surface area contributed by atoms with Crippen LogP contribution in [0.1, 0.15) is 58.4 Å². The normalized spacial score (nSPS) is 14.2. The van der Waals surface area contributed by atoms with Gasteiger partial charge in [-0.2, -0.15) is 0 Å². The first-order valence-electron chi connectivity index (χ1n) is 14.9. The number of carbonyl (C=O) groups excluding carboxylic acids is 1. The van der Waals surface area contributed by atoms with Gasteiger partial charge in [-0.25, -0.2) is 14.5 Å². The van der Waals surface area contributed by atoms with Crippen LogP contribution < -0.4 is 26.0 Å². The number of benzene rings is 2. The van der Waals surface area contributed by atoms with E-state index in [1.54, 1.807) is 16.2 Å². The summed E-state index contributed by atoms with van der Waals surface area (Å²) in [4.78, 5) is 32.0. The van der Waals surface area contributed by atoms with Crippen LogP contribution in [-0.4, -0.2) is 55.4 Å². The Labute approximate surface area is 254 Å². The van der Waals surface area contributed by atoms with Crippen molar-refractivity contribution in [3.8, 4) is 28.6 Å². The zero-order chi connectivity index (χ0) is 31.1. The average Bonchev–Trinajstić information content (AvgIpc) is 3.79. The van der Waals surface area contributed by atoms with Crippen LogP contribution in [0.15, 0.2) is 40.1 Å². The molecule has 2 aromatic carbocycles. The first-order chi connectivity index (χ1) is 21.2. The maximum absolute atomic E-state index is 14.1. The number of methoxy groups -OCH3 is 1. The summed E-state index contributed by atoms with van der Waals surface area (Å²) in [6.07, 6.45) is 3.07. The zero-order valence-corrected chi connectivity index (χ0v) is 25.7. The molecule has 1 amide bonds. The van der Waals surface area contributed by atoms with Gasteiger partial charge in [-0.1, -0.05) is 22.4 Å². The summed E-state index contributed by atoms with van der Waals surface area (Å²) >= 11 is 0. The molecule has 12 nitrogen and oxygen atoms in total. The van der Waals surface area contributed by atoms with Gasteiger partial charge in [0.05, 0.1) is 25.1 Å². The van der Waals surface area contributed by atoms with Gasteiger partial charge < -0.3 is 19.9 Å². The third-order valence-corrected chi connectivity index (χ3v) is 8.30. The van der Waals surface area contributed by atoms with Crippen LogP contribution >= 0.6 is 0 Å². The highest BCUT2D eigenvalue weighted by atomic mass is 16.5. The molecule has 6 rings (SSSR count). The number of rotatable bonds is 9. The summed E-state index contributed by atoms with van der Waals surface area (Å²) in [6, 6.07) is 10.2. The lowest BCUT2D eigenvalue weighted by Crippen LogP contribution is -2.44. The fourth-order valence-electron chi connectivity index (χ4n) is 5.97. The molecule has 0 unspecified atom stereocenters. The summed E-state index contributed by atoms with van der Waals surface area (Å²) in [6.45, 7) is 7.31. The summed E-state index contributed by atoms with van der Waals surface area (Å²) < 4.78 is 16.0. The van der Waals surface area contributed by atoms with E-state index in [1.165, 1.54) is 30.1 Å². The Morgan fingerprint density at radius 1 is 1.14 bits per heavy atom. The molecule has 4 aromatic rings. The molecule has 0 saturated heterocycles. The van der Waals surface area contributed by atoms with Crippen molar-refractivity contribution in [2.75, 3.05) is 20.3 Å². The van der Waals surface area contributed by atoms with Crippen LogP contribution in [0.25, 0.3) is 11.3 Å². The number of aromatic hydroxyl groups is 1. The van der Waals surface area contributed by atoms with Crippen molar-refractivity contribution >= 4 is 11.6 Å². The molecule has 1 aliphatic carbocycles. The van der Waals surface area contributed by atoms with E-state index in [-0.39, 0.29) is 24.5 Å². The second-order valence-corrected chi connectivity index (χ2v) is 11.3. The molecule has 230 valence electrons. The SMILES string of the molecule is CCOc1cc2c(cc1OC)-c1c/c(=N\c3c(C)cc(C4CC4)cc3C)n(CCNC(=O)c3c(O)nnn3C)c(=O)n1CC2. The van der Waals surface area contributed by atoms with E-state index in [1.807, 2.05) is 25.1 Å². The van der Waals surface area contributed by atoms with Crippen molar-refractivity contribution in [2.45, 2.75) is 59.0 Å². The highest BCUT2D eigenvalue weighted by Crippen LogP contribution is 2.42. The number of fused-ring (bicyclic) bond motifs is 3. The number of carbonyl (C=O) groups is 1. The van der Waals surface area contributed by atoms with Gasteiger partial charge in [0.15, 0.2) is 17.2 Å². The minimum Gasteiger partial charge on any atom is -0.493 e. The van der Waals surface area contributed by atoms with Gasteiger partial charge in [0.2, 0.25) is 0 Å². The highest BCUT2D eigenvalue weighted by molar-refractivity contribution is 5.94. The highest BCUT2D eigenvalue weighted by Gasteiger charge is 2.25. The second-order valence-electron chi connectivity index (χ2n) is 11.3. The lowest BCUT2D eigenvalue weighted by Gasteiger charge is -2.25. The monoisotopic (exact) mass is 599 g/mol. The molecular weight excluding hydrogens is 562 g/mol. The van der Waals surface area contributed by atoms with Gasteiger partial charge in [-0.15, -0.1) is 0 Å². The Balaban J connectivity index is 1.45. The molecule has 2 aromatic heterocycles. The van der Waals surface area contributed by atoms with Crippen molar-refractivity contribution < 1.29 is 19.4 Å². The fourth-order valence-corrected chi connectivity index (χ4v) is 5.97. The Morgan fingerprint density at radius 3 is 2.52 bits per heavy atom. The molecule has 1 saturated carbocycles. The summed E-state index contributed by atoms with van der Waals surface area (Å²) in [5.74, 6) is 0.892. The van der Waals surface area contributed by atoms with E-state index >= 15 is 0 Å². The van der Waals surface area contributed by atoms with Crippen molar-refractivity contribution in [1.82, 2.24) is 29.4 Å².